The Balaban J connectivity index is 1.34. The molecule has 49 heavy (non-hydrogen) atoms. The summed E-state index contributed by atoms with van der Waals surface area (Å²) in [7, 11) is 0. The van der Waals surface area contributed by atoms with Crippen LogP contribution in [0.25, 0.3) is 0 Å². The highest BCUT2D eigenvalue weighted by Gasteiger charge is 2.50. The van der Waals surface area contributed by atoms with Crippen LogP contribution < -0.4 is 15.4 Å². The molecule has 3 aromatic carbocycles. The zero-order valence-corrected chi connectivity index (χ0v) is 30.0. The minimum atomic E-state index is -1.64. The van der Waals surface area contributed by atoms with Crippen molar-refractivity contribution in [2.24, 2.45) is 0 Å². The monoisotopic (exact) mass is 687 g/mol. The summed E-state index contributed by atoms with van der Waals surface area (Å²) in [5, 5.41) is 28.3. The molecule has 0 radical (unpaired) electrons. The van der Waals surface area contributed by atoms with Gasteiger partial charge in [-0.3, -0.25) is 14.4 Å². The topological polar surface area (TPSA) is 128 Å². The second kappa shape index (κ2) is 15.4. The molecule has 4 N–H and O–H groups in total. The first-order chi connectivity index (χ1) is 23.3. The number of hydrogen-bond donors (Lipinski definition) is 4. The van der Waals surface area contributed by atoms with Crippen molar-refractivity contribution in [2.75, 3.05) is 12.5 Å². The maximum absolute atomic E-state index is 14.1. The number of aliphatic hydroxyl groups excluding tert-OH is 2. The fourth-order valence-electron chi connectivity index (χ4n) is 6.88. The van der Waals surface area contributed by atoms with E-state index in [1.165, 1.54) is 16.7 Å². The van der Waals surface area contributed by atoms with Crippen molar-refractivity contribution in [3.8, 4) is 5.75 Å². The van der Waals surface area contributed by atoms with E-state index in [0.29, 0.717) is 12.2 Å². The van der Waals surface area contributed by atoms with E-state index in [2.05, 4.69) is 38.3 Å². The standard InChI is InChI=1S/C39H49N3O6S/c1-23(2)27-17-12-18-28(24(3)4)35(27)48-21-32(44)40-30(19-25-13-8-7-9-14-25)34(45)38(47)42-22-49-39(5,6)36(42)37(46)41-33-29-16-11-10-15-26(29)20-31(33)43/h7-18,23-24,30-31,33-34,36,43,45H,19-22H2,1-6H3,(H,40,44)(H,41,46)/t30-,31+,33-,34-,36+/m0/s1. The molecule has 0 bridgehead atoms. The van der Waals surface area contributed by atoms with Crippen LogP contribution in [0.4, 0.5) is 0 Å². The van der Waals surface area contributed by atoms with Crippen molar-refractivity contribution < 1.29 is 29.3 Å². The molecular formula is C39H49N3O6S. The second-order valence-corrected chi connectivity index (χ2v) is 15.8. The summed E-state index contributed by atoms with van der Waals surface area (Å²) >= 11 is 1.44. The average molecular weight is 688 g/mol. The smallest absolute Gasteiger partial charge is 0.258 e. The fourth-order valence-corrected chi connectivity index (χ4v) is 8.02. The second-order valence-electron chi connectivity index (χ2n) is 14.2. The number of rotatable bonds is 12. The van der Waals surface area contributed by atoms with Crippen LogP contribution >= 0.6 is 11.8 Å². The number of thioether (sulfide) groups is 1. The first-order valence-electron chi connectivity index (χ1n) is 17.1. The minimum absolute atomic E-state index is 0.182. The normalized spacial score (nSPS) is 20.9. The Labute approximate surface area is 293 Å². The van der Waals surface area contributed by atoms with E-state index in [1.807, 2.05) is 86.6 Å². The predicted octanol–water partition coefficient (Wildman–Crippen LogP) is 4.86. The molecule has 1 fully saturated rings. The zero-order chi connectivity index (χ0) is 35.5. The van der Waals surface area contributed by atoms with Gasteiger partial charge in [0.25, 0.3) is 11.8 Å². The number of hydrogen-bond acceptors (Lipinski definition) is 7. The fraction of sp³-hybridized carbons (Fsp3) is 0.462. The average Bonchev–Trinajstić information content (AvgIpc) is 3.56. The Morgan fingerprint density at radius 2 is 1.57 bits per heavy atom. The number of nitrogens with zero attached hydrogens (tertiary/aromatic N) is 1. The quantitative estimate of drug-likeness (QED) is 0.214. The summed E-state index contributed by atoms with van der Waals surface area (Å²) in [4.78, 5) is 42.9. The SMILES string of the molecule is CC(C)c1cccc(C(C)C)c1OCC(=O)N[C@@H](Cc1ccccc1)[C@H](O)C(=O)N1CSC(C)(C)[C@H]1C(=O)N[C@H]1c2ccccc2C[C@H]1O. The molecule has 3 amide bonds. The van der Waals surface area contributed by atoms with E-state index < -0.39 is 52.8 Å². The Bertz CT molecular complexity index is 1620. The molecule has 1 aliphatic carbocycles. The van der Waals surface area contributed by atoms with E-state index in [9.17, 15) is 24.6 Å². The number of ether oxygens (including phenoxy) is 1. The van der Waals surface area contributed by atoms with Gasteiger partial charge in [-0.1, -0.05) is 100 Å². The lowest BCUT2D eigenvalue weighted by molar-refractivity contribution is -0.148. The highest BCUT2D eigenvalue weighted by Crippen LogP contribution is 2.41. The van der Waals surface area contributed by atoms with Crippen LogP contribution in [0.1, 0.15) is 87.2 Å². The molecule has 0 spiro atoms. The van der Waals surface area contributed by atoms with E-state index >= 15 is 0 Å². The van der Waals surface area contributed by atoms with Gasteiger partial charge in [-0.05, 0) is 59.9 Å². The van der Waals surface area contributed by atoms with Crippen molar-refractivity contribution in [3.05, 3.63) is 101 Å². The van der Waals surface area contributed by atoms with Gasteiger partial charge in [0.05, 0.1) is 24.1 Å². The third-order valence-corrected chi connectivity index (χ3v) is 10.9. The summed E-state index contributed by atoms with van der Waals surface area (Å²) in [5.74, 6) is -0.301. The summed E-state index contributed by atoms with van der Waals surface area (Å²) in [6.07, 6.45) is -1.81. The van der Waals surface area contributed by atoms with Gasteiger partial charge in [-0.15, -0.1) is 11.8 Å². The van der Waals surface area contributed by atoms with Gasteiger partial charge in [0.1, 0.15) is 11.8 Å². The summed E-state index contributed by atoms with van der Waals surface area (Å²) in [6.45, 7) is 11.8. The van der Waals surface area contributed by atoms with Gasteiger partial charge in [0.15, 0.2) is 12.7 Å². The Hall–Kier alpha value is -3.86. The highest BCUT2D eigenvalue weighted by molar-refractivity contribution is 8.00. The van der Waals surface area contributed by atoms with E-state index in [4.69, 9.17) is 4.74 Å². The van der Waals surface area contributed by atoms with Crippen LogP contribution in [0, 0.1) is 0 Å². The first kappa shape index (κ1) is 36.4. The van der Waals surface area contributed by atoms with Crippen LogP contribution in [0.5, 0.6) is 5.75 Å². The van der Waals surface area contributed by atoms with Crippen molar-refractivity contribution >= 4 is 29.5 Å². The summed E-state index contributed by atoms with van der Waals surface area (Å²) in [5.41, 5.74) is 4.66. The number of amides is 3. The highest BCUT2D eigenvalue weighted by atomic mass is 32.2. The van der Waals surface area contributed by atoms with Crippen molar-refractivity contribution in [1.82, 2.24) is 15.5 Å². The van der Waals surface area contributed by atoms with Crippen LogP contribution in [0.3, 0.4) is 0 Å². The number of nitrogens with one attached hydrogen (secondary N) is 2. The first-order valence-corrected chi connectivity index (χ1v) is 18.0. The molecule has 5 atom stereocenters. The Morgan fingerprint density at radius 3 is 2.22 bits per heavy atom. The lowest BCUT2D eigenvalue weighted by Crippen LogP contribution is -2.59. The molecule has 0 aromatic heterocycles. The predicted molar refractivity (Wildman–Crippen MR) is 192 cm³/mol. The van der Waals surface area contributed by atoms with Crippen LogP contribution in [-0.4, -0.2) is 74.4 Å². The number of para-hydroxylation sites is 1. The van der Waals surface area contributed by atoms with Gasteiger partial charge >= 0.3 is 0 Å². The zero-order valence-electron chi connectivity index (χ0n) is 29.2. The minimum Gasteiger partial charge on any atom is -0.483 e. The third-order valence-electron chi connectivity index (χ3n) is 9.53. The molecule has 2 aliphatic rings. The molecule has 10 heteroatoms. The number of carbonyl (C=O) groups excluding carboxylic acids is 3. The molecule has 262 valence electrons. The van der Waals surface area contributed by atoms with Crippen molar-refractivity contribution in [3.63, 3.8) is 0 Å². The van der Waals surface area contributed by atoms with Crippen LogP contribution in [0.15, 0.2) is 72.8 Å². The number of benzene rings is 3. The summed E-state index contributed by atoms with van der Waals surface area (Å²) in [6, 6.07) is 20.4. The lowest BCUT2D eigenvalue weighted by atomic mass is 9.94. The van der Waals surface area contributed by atoms with Crippen molar-refractivity contribution in [2.45, 2.75) is 101 Å². The molecule has 5 rings (SSSR count). The van der Waals surface area contributed by atoms with Gasteiger partial charge in [0, 0.05) is 11.2 Å². The molecular weight excluding hydrogens is 639 g/mol. The Morgan fingerprint density at radius 1 is 0.939 bits per heavy atom. The molecule has 1 saturated heterocycles. The molecule has 9 nitrogen and oxygen atoms in total. The van der Waals surface area contributed by atoms with Gasteiger partial charge in [-0.25, -0.2) is 0 Å². The van der Waals surface area contributed by atoms with Gasteiger partial charge in [-0.2, -0.15) is 0 Å². The van der Waals surface area contributed by atoms with E-state index in [0.717, 1.165) is 27.8 Å². The van der Waals surface area contributed by atoms with E-state index in [-0.39, 0.29) is 30.7 Å². The molecule has 1 heterocycles. The number of fused-ring (bicyclic) bond motifs is 1. The molecule has 0 unspecified atom stereocenters. The maximum atomic E-state index is 14.1. The van der Waals surface area contributed by atoms with E-state index in [1.54, 1.807) is 0 Å². The van der Waals surface area contributed by atoms with Gasteiger partial charge in [0.2, 0.25) is 5.91 Å². The van der Waals surface area contributed by atoms with Gasteiger partial charge < -0.3 is 30.5 Å². The molecule has 1 aliphatic heterocycles. The summed E-state index contributed by atoms with van der Waals surface area (Å²) < 4.78 is 5.48. The van der Waals surface area contributed by atoms with Crippen LogP contribution in [0.2, 0.25) is 0 Å². The molecule has 3 aromatic rings. The Kier molecular flexibility index (Phi) is 11.4. The third kappa shape index (κ3) is 8.14. The largest absolute Gasteiger partial charge is 0.483 e. The number of aliphatic hydroxyl groups is 2. The molecule has 0 saturated carbocycles. The van der Waals surface area contributed by atoms with Crippen LogP contribution in [-0.2, 0) is 27.2 Å². The van der Waals surface area contributed by atoms with Crippen molar-refractivity contribution in [1.29, 1.82) is 0 Å². The maximum Gasteiger partial charge on any atom is 0.258 e. The lowest BCUT2D eigenvalue weighted by Gasteiger charge is -2.34. The number of carbonyl (C=O) groups is 3.